The Morgan fingerprint density at radius 3 is 2.10 bits per heavy atom. The number of ether oxygens (including phenoxy) is 1. The Labute approximate surface area is 232 Å². The van der Waals surface area contributed by atoms with E-state index in [0.717, 1.165) is 12.8 Å². The number of alkyl halides is 3. The van der Waals surface area contributed by atoms with E-state index in [1.807, 2.05) is 12.1 Å². The number of rotatable bonds is 6. The van der Waals surface area contributed by atoms with Gasteiger partial charge >= 0.3 is 18.1 Å². The number of carbonyl (C=O) groups excluding carboxylic acids is 3. The molecule has 1 aliphatic carbocycles. The van der Waals surface area contributed by atoms with Gasteiger partial charge in [-0.1, -0.05) is 36.4 Å². The fourth-order valence-electron chi connectivity index (χ4n) is 3.78. The summed E-state index contributed by atoms with van der Waals surface area (Å²) in [6, 6.07) is 18.1. The van der Waals surface area contributed by atoms with Crippen molar-refractivity contribution in [1.82, 2.24) is 0 Å². The van der Waals surface area contributed by atoms with Crippen LogP contribution in [0.1, 0.15) is 49.7 Å². The van der Waals surface area contributed by atoms with Crippen LogP contribution in [0.5, 0.6) is 11.5 Å². The SMILES string of the molecule is NCC(=O)Oc1ccc(O)cc1C(=O)c1ccccc1.NCC1CCc2ccc(C(N)=O)cc21.O=C(O)C(F)(F)F. The molecule has 1 atom stereocenters. The Bertz CT molecular complexity index is 1400. The lowest BCUT2D eigenvalue weighted by Gasteiger charge is -2.09. The van der Waals surface area contributed by atoms with Gasteiger partial charge in [-0.05, 0) is 66.8 Å². The van der Waals surface area contributed by atoms with Gasteiger partial charge in [-0.15, -0.1) is 0 Å². The van der Waals surface area contributed by atoms with E-state index >= 15 is 0 Å². The van der Waals surface area contributed by atoms with Crippen LogP contribution in [0.15, 0.2) is 66.7 Å². The number of phenols is 1. The summed E-state index contributed by atoms with van der Waals surface area (Å²) < 4.78 is 36.7. The molecule has 218 valence electrons. The normalized spacial score (nSPS) is 13.4. The molecule has 0 aromatic heterocycles. The molecular formula is C28H28F3N3O7. The number of fused-ring (bicyclic) bond motifs is 1. The highest BCUT2D eigenvalue weighted by Crippen LogP contribution is 2.32. The first-order valence-electron chi connectivity index (χ1n) is 12.0. The maximum atomic E-state index is 12.4. The highest BCUT2D eigenvalue weighted by Gasteiger charge is 2.38. The molecule has 0 radical (unpaired) electrons. The number of nitrogens with two attached hydrogens (primary N) is 3. The third-order valence-electron chi connectivity index (χ3n) is 5.79. The summed E-state index contributed by atoms with van der Waals surface area (Å²) >= 11 is 0. The van der Waals surface area contributed by atoms with Crippen LogP contribution >= 0.6 is 0 Å². The fraction of sp³-hybridized carbons (Fsp3) is 0.214. The van der Waals surface area contributed by atoms with Crippen LogP contribution < -0.4 is 21.9 Å². The van der Waals surface area contributed by atoms with Crippen molar-refractivity contribution in [3.8, 4) is 11.5 Å². The third kappa shape index (κ3) is 9.44. The third-order valence-corrected chi connectivity index (χ3v) is 5.79. The van der Waals surface area contributed by atoms with Crippen LogP contribution in [0, 0.1) is 0 Å². The topological polar surface area (TPSA) is 196 Å². The van der Waals surface area contributed by atoms with Crippen LogP contribution in [-0.2, 0) is 16.0 Å². The van der Waals surface area contributed by atoms with E-state index in [0.29, 0.717) is 23.6 Å². The molecule has 0 spiro atoms. The maximum absolute atomic E-state index is 12.4. The molecule has 0 heterocycles. The van der Waals surface area contributed by atoms with Crippen LogP contribution in [0.3, 0.4) is 0 Å². The van der Waals surface area contributed by atoms with Crippen LogP contribution in [0.25, 0.3) is 0 Å². The number of ketones is 1. The molecular weight excluding hydrogens is 547 g/mol. The number of benzene rings is 3. The van der Waals surface area contributed by atoms with Gasteiger partial charge in [0.1, 0.15) is 11.5 Å². The summed E-state index contributed by atoms with van der Waals surface area (Å²) in [6.45, 7) is 0.356. The van der Waals surface area contributed by atoms with Crippen molar-refractivity contribution in [1.29, 1.82) is 0 Å². The number of aromatic hydroxyl groups is 1. The van der Waals surface area contributed by atoms with Gasteiger partial charge < -0.3 is 32.2 Å². The zero-order valence-corrected chi connectivity index (χ0v) is 21.6. The molecule has 3 aromatic rings. The van der Waals surface area contributed by atoms with Crippen molar-refractivity contribution in [3.05, 3.63) is 94.5 Å². The van der Waals surface area contributed by atoms with Crippen molar-refractivity contribution in [3.63, 3.8) is 0 Å². The first kappa shape index (κ1) is 32.5. The molecule has 1 amide bonds. The van der Waals surface area contributed by atoms with Gasteiger partial charge in [0.2, 0.25) is 5.91 Å². The van der Waals surface area contributed by atoms with Gasteiger partial charge in [-0.3, -0.25) is 14.4 Å². The summed E-state index contributed by atoms with van der Waals surface area (Å²) in [5, 5.41) is 16.6. The van der Waals surface area contributed by atoms with E-state index in [1.165, 1.54) is 29.3 Å². The molecule has 4 rings (SSSR count). The number of amides is 1. The molecule has 3 aromatic carbocycles. The molecule has 0 bridgehead atoms. The molecule has 41 heavy (non-hydrogen) atoms. The number of carbonyl (C=O) groups is 4. The smallest absolute Gasteiger partial charge is 0.490 e. The second-order valence-corrected chi connectivity index (χ2v) is 8.61. The zero-order valence-electron chi connectivity index (χ0n) is 21.6. The average molecular weight is 576 g/mol. The molecule has 13 heteroatoms. The van der Waals surface area contributed by atoms with Crippen molar-refractivity contribution in [2.75, 3.05) is 13.1 Å². The summed E-state index contributed by atoms with van der Waals surface area (Å²) in [5.41, 5.74) is 19.7. The zero-order chi connectivity index (χ0) is 30.7. The monoisotopic (exact) mass is 575 g/mol. The quantitative estimate of drug-likeness (QED) is 0.167. The maximum Gasteiger partial charge on any atom is 0.490 e. The Kier molecular flexibility index (Phi) is 11.5. The van der Waals surface area contributed by atoms with E-state index in [9.17, 15) is 32.7 Å². The number of halogens is 3. The predicted octanol–water partition coefficient (Wildman–Crippen LogP) is 2.89. The van der Waals surface area contributed by atoms with Crippen molar-refractivity contribution < 1.29 is 47.3 Å². The Balaban J connectivity index is 0.000000242. The number of hydrogen-bond acceptors (Lipinski definition) is 8. The second-order valence-electron chi connectivity index (χ2n) is 8.61. The van der Waals surface area contributed by atoms with Crippen LogP contribution in [-0.4, -0.2) is 53.1 Å². The summed E-state index contributed by atoms with van der Waals surface area (Å²) in [5.74, 6) is -3.73. The van der Waals surface area contributed by atoms with Gasteiger partial charge in [0.15, 0.2) is 5.78 Å². The van der Waals surface area contributed by atoms with Crippen LogP contribution in [0.4, 0.5) is 13.2 Å². The molecule has 8 N–H and O–H groups in total. The Morgan fingerprint density at radius 2 is 1.56 bits per heavy atom. The minimum atomic E-state index is -5.08. The molecule has 0 fully saturated rings. The summed E-state index contributed by atoms with van der Waals surface area (Å²) in [4.78, 5) is 43.5. The highest BCUT2D eigenvalue weighted by atomic mass is 19.4. The number of carboxylic acids is 1. The second kappa shape index (κ2) is 14.6. The molecule has 0 aliphatic heterocycles. The van der Waals surface area contributed by atoms with Gasteiger partial charge in [0.25, 0.3) is 0 Å². The lowest BCUT2D eigenvalue weighted by Crippen LogP contribution is -2.21. The van der Waals surface area contributed by atoms with E-state index in [1.54, 1.807) is 36.4 Å². The van der Waals surface area contributed by atoms with Gasteiger partial charge in [-0.25, -0.2) is 4.79 Å². The number of carboxylic acid groups (broad SMARTS) is 1. The van der Waals surface area contributed by atoms with Crippen molar-refractivity contribution in [2.24, 2.45) is 17.2 Å². The molecule has 1 aliphatic rings. The minimum Gasteiger partial charge on any atom is -0.508 e. The van der Waals surface area contributed by atoms with E-state index in [2.05, 4.69) is 0 Å². The number of phenolic OH excluding ortho intramolecular Hbond substituents is 1. The molecule has 0 saturated carbocycles. The highest BCUT2D eigenvalue weighted by molar-refractivity contribution is 6.11. The Hall–Kier alpha value is -4.75. The number of esters is 1. The van der Waals surface area contributed by atoms with Crippen LogP contribution in [0.2, 0.25) is 0 Å². The molecule has 1 unspecified atom stereocenters. The predicted molar refractivity (Wildman–Crippen MR) is 141 cm³/mol. The first-order valence-corrected chi connectivity index (χ1v) is 12.0. The fourth-order valence-corrected chi connectivity index (χ4v) is 3.78. The summed E-state index contributed by atoms with van der Waals surface area (Å²) in [7, 11) is 0. The summed E-state index contributed by atoms with van der Waals surface area (Å²) in [6.07, 6.45) is -2.93. The number of aryl methyl sites for hydroxylation is 1. The van der Waals surface area contributed by atoms with E-state index < -0.39 is 18.1 Å². The van der Waals surface area contributed by atoms with E-state index in [4.69, 9.17) is 31.8 Å². The van der Waals surface area contributed by atoms with Gasteiger partial charge in [0, 0.05) is 11.1 Å². The number of primary amides is 1. The Morgan fingerprint density at radius 1 is 0.927 bits per heavy atom. The van der Waals surface area contributed by atoms with Crippen molar-refractivity contribution >= 4 is 23.6 Å². The standard InChI is InChI=1S/C15H13NO4.C11H14N2O.C2HF3O2/c16-9-14(18)20-13-7-6-11(17)8-12(13)15(19)10-4-2-1-3-5-10;12-6-9-4-2-7-1-3-8(11(13)14)5-10(7)9;3-2(4,5)1(6)7/h1-8,17H,9,16H2;1,3,5,9H,2,4,6,12H2,(H2,13,14);(H,6,7). The lowest BCUT2D eigenvalue weighted by atomic mass is 9.99. The largest absolute Gasteiger partial charge is 0.508 e. The molecule has 0 saturated heterocycles. The molecule has 10 nitrogen and oxygen atoms in total. The number of hydrogen-bond donors (Lipinski definition) is 5. The van der Waals surface area contributed by atoms with Gasteiger partial charge in [-0.2, -0.15) is 13.2 Å². The van der Waals surface area contributed by atoms with Crippen molar-refractivity contribution in [2.45, 2.75) is 24.9 Å². The van der Waals surface area contributed by atoms with Gasteiger partial charge in [0.05, 0.1) is 12.1 Å². The minimum absolute atomic E-state index is 0.0760. The average Bonchev–Trinajstić information content (AvgIpc) is 3.36. The lowest BCUT2D eigenvalue weighted by molar-refractivity contribution is -0.192. The van der Waals surface area contributed by atoms with E-state index in [-0.39, 0.29) is 35.3 Å². The first-order chi connectivity index (χ1) is 19.3. The number of aliphatic carboxylic acids is 1.